The van der Waals surface area contributed by atoms with Crippen molar-refractivity contribution in [2.75, 3.05) is 6.54 Å². The second-order valence-corrected chi connectivity index (χ2v) is 6.28. The highest BCUT2D eigenvalue weighted by molar-refractivity contribution is 14.1. The van der Waals surface area contributed by atoms with E-state index in [9.17, 15) is 0 Å². The molecule has 106 valence electrons. The van der Waals surface area contributed by atoms with Crippen molar-refractivity contribution in [3.8, 4) is 0 Å². The Hall–Kier alpha value is -0.0600. The molecule has 1 atom stereocenters. The maximum atomic E-state index is 6.21. The molecule has 0 saturated heterocycles. The van der Waals surface area contributed by atoms with Gasteiger partial charge in [-0.1, -0.05) is 43.5 Å². The molecule has 0 bridgehead atoms. The van der Waals surface area contributed by atoms with Crippen LogP contribution in [0.25, 0.3) is 0 Å². The van der Waals surface area contributed by atoms with Crippen LogP contribution in [0.3, 0.4) is 0 Å². The molecule has 0 heterocycles. The third-order valence-corrected chi connectivity index (χ3v) is 4.77. The number of halogens is 2. The summed E-state index contributed by atoms with van der Waals surface area (Å²) in [6.07, 6.45) is 8.06. The first kappa shape index (κ1) is 17.0. The first-order valence-corrected chi connectivity index (χ1v) is 8.44. The summed E-state index contributed by atoms with van der Waals surface area (Å²) < 4.78 is 1.12. The lowest BCUT2D eigenvalue weighted by Gasteiger charge is -2.19. The number of rotatable bonds is 9. The van der Waals surface area contributed by atoms with Gasteiger partial charge in [0.15, 0.2) is 0 Å². The van der Waals surface area contributed by atoms with E-state index in [0.29, 0.717) is 6.04 Å². The Morgan fingerprint density at radius 1 is 1.37 bits per heavy atom. The Morgan fingerprint density at radius 3 is 2.79 bits per heavy atom. The molecule has 0 aliphatic carbocycles. The van der Waals surface area contributed by atoms with E-state index in [-0.39, 0.29) is 0 Å². The van der Waals surface area contributed by atoms with Gasteiger partial charge in [-0.25, -0.2) is 0 Å². The maximum Gasteiger partial charge on any atom is 0.0542 e. The highest BCUT2D eigenvalue weighted by Gasteiger charge is 2.11. The number of hydrogen-bond donors (Lipinski definition) is 1. The van der Waals surface area contributed by atoms with Crippen LogP contribution in [0.1, 0.15) is 50.6 Å². The molecule has 0 aliphatic heterocycles. The van der Waals surface area contributed by atoms with E-state index in [1.54, 1.807) is 0 Å². The van der Waals surface area contributed by atoms with Gasteiger partial charge in [0.2, 0.25) is 0 Å². The van der Waals surface area contributed by atoms with Crippen LogP contribution in [0.5, 0.6) is 0 Å². The predicted molar refractivity (Wildman–Crippen MR) is 93.9 cm³/mol. The third kappa shape index (κ3) is 6.28. The zero-order chi connectivity index (χ0) is 14.1. The number of allylic oxidation sites excluding steroid dienone is 1. The molecule has 0 aromatic heterocycles. The molecular formula is C16H23ClIN. The molecule has 1 nitrogen and oxygen atoms in total. The minimum Gasteiger partial charge on any atom is -0.310 e. The molecule has 1 aromatic rings. The largest absolute Gasteiger partial charge is 0.310 e. The summed E-state index contributed by atoms with van der Waals surface area (Å²) >= 11 is 8.48. The summed E-state index contributed by atoms with van der Waals surface area (Å²) in [6.45, 7) is 6.90. The predicted octanol–water partition coefficient (Wildman–Crippen LogP) is 5.73. The molecule has 19 heavy (non-hydrogen) atoms. The average molecular weight is 392 g/mol. The van der Waals surface area contributed by atoms with E-state index in [1.807, 2.05) is 6.08 Å². The van der Waals surface area contributed by atoms with Crippen LogP contribution in [0.4, 0.5) is 0 Å². The fraction of sp³-hybridized carbons (Fsp3) is 0.500. The van der Waals surface area contributed by atoms with Crippen molar-refractivity contribution in [1.29, 1.82) is 0 Å². The van der Waals surface area contributed by atoms with Gasteiger partial charge in [0.25, 0.3) is 0 Å². The van der Waals surface area contributed by atoms with E-state index >= 15 is 0 Å². The lowest BCUT2D eigenvalue weighted by atomic mass is 10.00. The molecule has 0 radical (unpaired) electrons. The van der Waals surface area contributed by atoms with Crippen LogP contribution >= 0.6 is 34.2 Å². The third-order valence-electron chi connectivity index (χ3n) is 3.20. The van der Waals surface area contributed by atoms with Crippen LogP contribution in [0.15, 0.2) is 30.9 Å². The van der Waals surface area contributed by atoms with Gasteiger partial charge in [0, 0.05) is 9.61 Å². The number of unbranched alkanes of at least 4 members (excludes halogenated alkanes) is 3. The molecule has 0 aliphatic rings. The summed E-state index contributed by atoms with van der Waals surface area (Å²) in [5.41, 5.74) is 1.30. The topological polar surface area (TPSA) is 12.0 Å². The van der Waals surface area contributed by atoms with Crippen molar-refractivity contribution >= 4 is 34.2 Å². The van der Waals surface area contributed by atoms with Crippen LogP contribution in [-0.4, -0.2) is 6.54 Å². The van der Waals surface area contributed by atoms with Crippen molar-refractivity contribution in [2.45, 2.75) is 45.1 Å². The first-order valence-electron chi connectivity index (χ1n) is 6.98. The Bertz CT molecular complexity index is 392. The van der Waals surface area contributed by atoms with Gasteiger partial charge in [0.1, 0.15) is 0 Å². The summed E-state index contributed by atoms with van der Waals surface area (Å²) in [6, 6.07) is 6.80. The minimum atomic E-state index is 0.420. The van der Waals surface area contributed by atoms with Crippen molar-refractivity contribution in [3.05, 3.63) is 45.0 Å². The van der Waals surface area contributed by atoms with E-state index in [4.69, 9.17) is 11.6 Å². The first-order chi connectivity index (χ1) is 9.19. The Balaban J connectivity index is 2.55. The quantitative estimate of drug-likeness (QED) is 0.322. The molecule has 1 N–H and O–H groups in total. The highest BCUT2D eigenvalue weighted by atomic mass is 127. The number of nitrogens with one attached hydrogen (secondary N) is 1. The number of hydrogen-bond acceptors (Lipinski definition) is 1. The molecular weight excluding hydrogens is 369 g/mol. The minimum absolute atomic E-state index is 0.420. The van der Waals surface area contributed by atoms with Gasteiger partial charge >= 0.3 is 0 Å². The fourth-order valence-electron chi connectivity index (χ4n) is 2.18. The van der Waals surface area contributed by atoms with Crippen LogP contribution in [0.2, 0.25) is 5.02 Å². The number of benzene rings is 1. The molecule has 0 saturated carbocycles. The fourth-order valence-corrected chi connectivity index (χ4v) is 2.70. The summed E-state index contributed by atoms with van der Waals surface area (Å²) in [4.78, 5) is 0. The van der Waals surface area contributed by atoms with E-state index in [1.165, 1.54) is 31.2 Å². The lowest BCUT2D eigenvalue weighted by molar-refractivity contribution is 0.483. The maximum absolute atomic E-state index is 6.21. The Morgan fingerprint density at radius 2 is 2.16 bits per heavy atom. The van der Waals surface area contributed by atoms with Crippen LogP contribution < -0.4 is 5.32 Å². The average Bonchev–Trinajstić information content (AvgIpc) is 2.40. The van der Waals surface area contributed by atoms with E-state index < -0.39 is 0 Å². The Kier molecular flexibility index (Phi) is 8.75. The van der Waals surface area contributed by atoms with Gasteiger partial charge in [-0.05, 0) is 66.1 Å². The van der Waals surface area contributed by atoms with Gasteiger partial charge in [-0.2, -0.15) is 0 Å². The van der Waals surface area contributed by atoms with Crippen molar-refractivity contribution in [2.24, 2.45) is 0 Å². The SMILES string of the molecule is C=CCCCCCC(NCC)c1ccc(I)c(Cl)c1. The molecule has 0 amide bonds. The summed E-state index contributed by atoms with van der Waals surface area (Å²) in [7, 11) is 0. The lowest BCUT2D eigenvalue weighted by Crippen LogP contribution is -2.20. The monoisotopic (exact) mass is 391 g/mol. The normalized spacial score (nSPS) is 12.4. The highest BCUT2D eigenvalue weighted by Crippen LogP contribution is 2.26. The molecule has 0 spiro atoms. The smallest absolute Gasteiger partial charge is 0.0542 e. The molecule has 1 aromatic carbocycles. The Labute approximate surface area is 136 Å². The zero-order valence-corrected chi connectivity index (χ0v) is 14.5. The molecule has 1 unspecified atom stereocenters. The molecule has 0 fully saturated rings. The zero-order valence-electron chi connectivity index (χ0n) is 11.6. The van der Waals surface area contributed by atoms with Crippen molar-refractivity contribution in [1.82, 2.24) is 5.32 Å². The van der Waals surface area contributed by atoms with Gasteiger partial charge in [0.05, 0.1) is 5.02 Å². The second-order valence-electron chi connectivity index (χ2n) is 4.71. The van der Waals surface area contributed by atoms with Crippen LogP contribution in [-0.2, 0) is 0 Å². The molecule has 3 heteroatoms. The van der Waals surface area contributed by atoms with E-state index in [2.05, 4.69) is 59.6 Å². The van der Waals surface area contributed by atoms with Crippen LogP contribution in [0, 0.1) is 3.57 Å². The second kappa shape index (κ2) is 9.78. The van der Waals surface area contributed by atoms with Gasteiger partial charge < -0.3 is 5.32 Å². The molecule has 1 rings (SSSR count). The van der Waals surface area contributed by atoms with Gasteiger partial charge in [-0.15, -0.1) is 6.58 Å². The van der Waals surface area contributed by atoms with Crippen molar-refractivity contribution < 1.29 is 0 Å². The van der Waals surface area contributed by atoms with Gasteiger partial charge in [-0.3, -0.25) is 0 Å². The summed E-state index contributed by atoms with van der Waals surface area (Å²) in [5, 5.41) is 4.41. The van der Waals surface area contributed by atoms with E-state index in [0.717, 1.165) is 21.6 Å². The standard InChI is InChI=1S/C16H23ClIN/c1-3-5-6-7-8-9-16(19-4-2)13-10-11-15(18)14(17)12-13/h3,10-12,16,19H,1,4-9H2,2H3. The van der Waals surface area contributed by atoms with Crippen molar-refractivity contribution in [3.63, 3.8) is 0 Å². The summed E-state index contributed by atoms with van der Waals surface area (Å²) in [5.74, 6) is 0.